The molecule has 0 saturated heterocycles. The fraction of sp³-hybridized carbons (Fsp3) is 0.769. The van der Waals surface area contributed by atoms with Crippen LogP contribution < -0.4 is 5.32 Å². The first kappa shape index (κ1) is 15.0. The number of thioether (sulfide) groups is 1. The molecule has 0 radical (unpaired) electrons. The summed E-state index contributed by atoms with van der Waals surface area (Å²) < 4.78 is 0. The van der Waals surface area contributed by atoms with Crippen molar-refractivity contribution in [1.29, 1.82) is 0 Å². The SMILES string of the molecule is CCNC(C)c1sc(CSC(C)CC)nc1C. The largest absolute Gasteiger partial charge is 0.310 e. The first-order valence-corrected chi connectivity index (χ1v) is 8.26. The van der Waals surface area contributed by atoms with Gasteiger partial charge in [0.15, 0.2) is 0 Å². The summed E-state index contributed by atoms with van der Waals surface area (Å²) in [4.78, 5) is 6.07. The van der Waals surface area contributed by atoms with E-state index in [2.05, 4.69) is 44.9 Å². The topological polar surface area (TPSA) is 24.9 Å². The van der Waals surface area contributed by atoms with E-state index in [0.29, 0.717) is 6.04 Å². The van der Waals surface area contributed by atoms with E-state index in [-0.39, 0.29) is 0 Å². The minimum Gasteiger partial charge on any atom is -0.310 e. The summed E-state index contributed by atoms with van der Waals surface area (Å²) in [5, 5.41) is 5.46. The average Bonchev–Trinajstić information content (AvgIpc) is 2.68. The lowest BCUT2D eigenvalue weighted by Gasteiger charge is -2.10. The zero-order valence-corrected chi connectivity index (χ0v) is 13.2. The zero-order valence-electron chi connectivity index (χ0n) is 11.5. The van der Waals surface area contributed by atoms with Gasteiger partial charge in [-0.25, -0.2) is 4.98 Å². The summed E-state index contributed by atoms with van der Waals surface area (Å²) in [5.74, 6) is 1.05. The third-order valence-corrected chi connectivity index (χ3v) is 5.71. The third-order valence-electron chi connectivity index (χ3n) is 2.85. The van der Waals surface area contributed by atoms with Crippen molar-refractivity contribution in [2.75, 3.05) is 6.54 Å². The first-order chi connectivity index (χ1) is 8.08. The molecule has 1 aromatic rings. The molecule has 0 bridgehead atoms. The molecule has 1 aromatic heterocycles. The summed E-state index contributed by atoms with van der Waals surface area (Å²) in [5.41, 5.74) is 1.20. The molecular weight excluding hydrogens is 248 g/mol. The number of nitrogens with one attached hydrogen (secondary N) is 1. The quantitative estimate of drug-likeness (QED) is 0.807. The van der Waals surface area contributed by atoms with E-state index in [4.69, 9.17) is 0 Å². The monoisotopic (exact) mass is 272 g/mol. The number of rotatable bonds is 7. The fourth-order valence-corrected chi connectivity index (χ4v) is 3.72. The molecule has 1 heterocycles. The predicted octanol–water partition coefficient (Wildman–Crippen LogP) is 4.15. The molecule has 2 unspecified atom stereocenters. The highest BCUT2D eigenvalue weighted by molar-refractivity contribution is 7.99. The van der Waals surface area contributed by atoms with Crippen molar-refractivity contribution in [1.82, 2.24) is 10.3 Å². The maximum absolute atomic E-state index is 4.68. The average molecular weight is 272 g/mol. The number of aryl methyl sites for hydroxylation is 1. The molecule has 0 fully saturated rings. The van der Waals surface area contributed by atoms with Crippen molar-refractivity contribution in [2.45, 2.75) is 58.1 Å². The van der Waals surface area contributed by atoms with E-state index in [1.807, 2.05) is 23.1 Å². The molecule has 1 rings (SSSR count). The van der Waals surface area contributed by atoms with Crippen molar-refractivity contribution >= 4 is 23.1 Å². The maximum Gasteiger partial charge on any atom is 0.103 e. The highest BCUT2D eigenvalue weighted by Gasteiger charge is 2.13. The Morgan fingerprint density at radius 3 is 2.65 bits per heavy atom. The molecule has 0 saturated carbocycles. The minimum atomic E-state index is 0.430. The maximum atomic E-state index is 4.68. The molecule has 1 N–H and O–H groups in total. The van der Waals surface area contributed by atoms with Crippen LogP contribution >= 0.6 is 23.1 Å². The molecule has 2 atom stereocenters. The Morgan fingerprint density at radius 1 is 1.35 bits per heavy atom. The van der Waals surface area contributed by atoms with E-state index in [1.54, 1.807) is 0 Å². The molecule has 0 aliphatic rings. The van der Waals surface area contributed by atoms with Gasteiger partial charge in [0.2, 0.25) is 0 Å². The lowest BCUT2D eigenvalue weighted by Crippen LogP contribution is -2.17. The molecule has 17 heavy (non-hydrogen) atoms. The number of thiazole rings is 1. The fourth-order valence-electron chi connectivity index (χ4n) is 1.66. The second kappa shape index (κ2) is 7.39. The molecule has 0 aliphatic carbocycles. The van der Waals surface area contributed by atoms with Crippen LogP contribution in [0.5, 0.6) is 0 Å². The third kappa shape index (κ3) is 4.60. The van der Waals surface area contributed by atoms with E-state index < -0.39 is 0 Å². The number of hydrogen-bond donors (Lipinski definition) is 1. The Morgan fingerprint density at radius 2 is 2.06 bits per heavy atom. The van der Waals surface area contributed by atoms with Gasteiger partial charge < -0.3 is 5.32 Å². The van der Waals surface area contributed by atoms with Gasteiger partial charge in [0.25, 0.3) is 0 Å². The van der Waals surface area contributed by atoms with E-state index >= 15 is 0 Å². The number of aromatic nitrogens is 1. The molecule has 0 aromatic carbocycles. The molecule has 0 amide bonds. The molecule has 0 spiro atoms. The van der Waals surface area contributed by atoms with Crippen LogP contribution in [0.4, 0.5) is 0 Å². The highest BCUT2D eigenvalue weighted by atomic mass is 32.2. The van der Waals surface area contributed by atoms with Crippen LogP contribution in [-0.4, -0.2) is 16.8 Å². The van der Waals surface area contributed by atoms with Crippen molar-refractivity contribution < 1.29 is 0 Å². The Balaban J connectivity index is 2.61. The van der Waals surface area contributed by atoms with Gasteiger partial charge in [0.05, 0.1) is 5.69 Å². The Bertz CT molecular complexity index is 336. The number of hydrogen-bond acceptors (Lipinski definition) is 4. The van der Waals surface area contributed by atoms with Gasteiger partial charge in [-0.15, -0.1) is 11.3 Å². The van der Waals surface area contributed by atoms with Crippen LogP contribution in [0.2, 0.25) is 0 Å². The van der Waals surface area contributed by atoms with Crippen LogP contribution in [-0.2, 0) is 5.75 Å². The van der Waals surface area contributed by atoms with E-state index in [1.165, 1.54) is 22.0 Å². The molecule has 2 nitrogen and oxygen atoms in total. The summed E-state index contributed by atoms with van der Waals surface area (Å²) >= 11 is 3.87. The van der Waals surface area contributed by atoms with Crippen molar-refractivity contribution in [3.05, 3.63) is 15.6 Å². The molecule has 4 heteroatoms. The molecular formula is C13H24N2S2. The van der Waals surface area contributed by atoms with Crippen molar-refractivity contribution in [2.24, 2.45) is 0 Å². The van der Waals surface area contributed by atoms with Gasteiger partial charge in [0.1, 0.15) is 5.01 Å². The van der Waals surface area contributed by atoms with Gasteiger partial charge in [-0.2, -0.15) is 11.8 Å². The second-order valence-corrected chi connectivity index (χ2v) is 6.91. The zero-order chi connectivity index (χ0) is 12.8. The summed E-state index contributed by atoms with van der Waals surface area (Å²) in [6.45, 7) is 12.0. The highest BCUT2D eigenvalue weighted by Crippen LogP contribution is 2.28. The van der Waals surface area contributed by atoms with Gasteiger partial charge in [-0.1, -0.05) is 20.8 Å². The van der Waals surface area contributed by atoms with Gasteiger partial charge in [-0.05, 0) is 26.8 Å². The second-order valence-electron chi connectivity index (χ2n) is 4.37. The number of nitrogens with zero attached hydrogens (tertiary/aromatic N) is 1. The van der Waals surface area contributed by atoms with Crippen molar-refractivity contribution in [3.8, 4) is 0 Å². The smallest absolute Gasteiger partial charge is 0.103 e. The first-order valence-electron chi connectivity index (χ1n) is 6.39. The predicted molar refractivity (Wildman–Crippen MR) is 80.0 cm³/mol. The normalized spacial score (nSPS) is 14.9. The van der Waals surface area contributed by atoms with Crippen LogP contribution in [0.25, 0.3) is 0 Å². The Labute approximate surface area is 114 Å². The summed E-state index contributed by atoms with van der Waals surface area (Å²) in [6.07, 6.45) is 1.23. The van der Waals surface area contributed by atoms with Gasteiger partial charge in [0, 0.05) is 21.9 Å². The van der Waals surface area contributed by atoms with Gasteiger partial charge in [-0.3, -0.25) is 0 Å². The lowest BCUT2D eigenvalue weighted by atomic mass is 10.2. The summed E-state index contributed by atoms with van der Waals surface area (Å²) in [6, 6.07) is 0.430. The van der Waals surface area contributed by atoms with Crippen LogP contribution in [0.15, 0.2) is 0 Å². The standard InChI is InChI=1S/C13H24N2S2/c1-6-9(3)16-8-12-15-11(5)13(17-12)10(4)14-7-2/h9-10,14H,6-8H2,1-5H3. The van der Waals surface area contributed by atoms with Crippen LogP contribution in [0, 0.1) is 6.92 Å². The molecule has 0 aliphatic heterocycles. The minimum absolute atomic E-state index is 0.430. The van der Waals surface area contributed by atoms with Gasteiger partial charge >= 0.3 is 0 Å². The molecule has 98 valence electrons. The van der Waals surface area contributed by atoms with Crippen LogP contribution in [0.3, 0.4) is 0 Å². The van der Waals surface area contributed by atoms with E-state index in [0.717, 1.165) is 17.5 Å². The van der Waals surface area contributed by atoms with Crippen molar-refractivity contribution in [3.63, 3.8) is 0 Å². The summed E-state index contributed by atoms with van der Waals surface area (Å²) in [7, 11) is 0. The van der Waals surface area contributed by atoms with E-state index in [9.17, 15) is 0 Å². The Kier molecular flexibility index (Phi) is 6.52. The van der Waals surface area contributed by atoms with Crippen LogP contribution in [0.1, 0.15) is 55.7 Å². The Hall–Kier alpha value is -0.0600. The lowest BCUT2D eigenvalue weighted by molar-refractivity contribution is 0.603.